The van der Waals surface area contributed by atoms with Crippen LogP contribution in [0.5, 0.6) is 0 Å². The minimum absolute atomic E-state index is 0.0116. The first-order valence-electron chi connectivity index (χ1n) is 8.44. The monoisotopic (exact) mass is 431 g/mol. The number of aromatic nitrogens is 3. The summed E-state index contributed by atoms with van der Waals surface area (Å²) in [5.41, 5.74) is 0.376. The molecule has 1 atom stereocenters. The van der Waals surface area contributed by atoms with E-state index in [1.165, 1.54) is 28.0 Å². The summed E-state index contributed by atoms with van der Waals surface area (Å²) < 4.78 is 40.5. The van der Waals surface area contributed by atoms with Crippen molar-refractivity contribution in [2.45, 2.75) is 19.3 Å². The Morgan fingerprint density at radius 1 is 1.50 bits per heavy atom. The Labute approximate surface area is 168 Å². The second kappa shape index (κ2) is 8.12. The number of pyridine rings is 1. The van der Waals surface area contributed by atoms with Crippen LogP contribution < -0.4 is 4.90 Å². The van der Waals surface area contributed by atoms with E-state index in [-0.39, 0.29) is 41.0 Å². The van der Waals surface area contributed by atoms with E-state index in [1.54, 1.807) is 6.92 Å². The molecule has 150 valence electrons. The van der Waals surface area contributed by atoms with Crippen LogP contribution in [0.25, 0.3) is 5.69 Å². The number of thioether (sulfide) groups is 1. The zero-order valence-electron chi connectivity index (χ0n) is 14.8. The standard InChI is InChI=1S/C17H17ClF3N5OS/c1-2-25(16(27)13(22)9-28-8-10-4-17(10,20)21)14-7-26(24-15(14)18)12-3-11(19)5-23-6-12/h3,5-7,10,22H,2,4,8-9H2,1H3. The molecule has 1 aliphatic rings. The molecule has 1 unspecified atom stereocenters. The lowest BCUT2D eigenvalue weighted by Crippen LogP contribution is -2.37. The van der Waals surface area contributed by atoms with Gasteiger partial charge in [-0.05, 0) is 6.92 Å². The molecule has 1 N–H and O–H groups in total. The molecule has 2 aromatic heterocycles. The van der Waals surface area contributed by atoms with Crippen molar-refractivity contribution in [3.05, 3.63) is 35.6 Å². The number of amides is 1. The summed E-state index contributed by atoms with van der Waals surface area (Å²) in [7, 11) is 0. The average molecular weight is 432 g/mol. The van der Waals surface area contributed by atoms with E-state index in [4.69, 9.17) is 17.0 Å². The van der Waals surface area contributed by atoms with Gasteiger partial charge in [-0.25, -0.2) is 17.9 Å². The summed E-state index contributed by atoms with van der Waals surface area (Å²) in [6.07, 6.45) is 3.76. The smallest absolute Gasteiger partial charge is 0.272 e. The van der Waals surface area contributed by atoms with Gasteiger partial charge in [0.05, 0.1) is 24.3 Å². The number of carbonyl (C=O) groups excluding carboxylic acids is 1. The molecule has 0 radical (unpaired) electrons. The molecule has 1 fully saturated rings. The van der Waals surface area contributed by atoms with Gasteiger partial charge in [0.15, 0.2) is 5.15 Å². The Hall–Kier alpha value is -2.07. The molecule has 1 saturated carbocycles. The highest BCUT2D eigenvalue weighted by molar-refractivity contribution is 8.00. The molecule has 2 aromatic rings. The van der Waals surface area contributed by atoms with Crippen LogP contribution in [0.2, 0.25) is 5.15 Å². The maximum atomic E-state index is 13.4. The predicted molar refractivity (Wildman–Crippen MR) is 102 cm³/mol. The maximum absolute atomic E-state index is 13.4. The molecule has 0 bridgehead atoms. The fourth-order valence-electron chi connectivity index (χ4n) is 2.58. The van der Waals surface area contributed by atoms with Crippen molar-refractivity contribution in [1.29, 1.82) is 5.41 Å². The van der Waals surface area contributed by atoms with Crippen molar-refractivity contribution in [3.63, 3.8) is 0 Å². The van der Waals surface area contributed by atoms with E-state index < -0.39 is 23.6 Å². The van der Waals surface area contributed by atoms with Crippen molar-refractivity contribution in [1.82, 2.24) is 14.8 Å². The third kappa shape index (κ3) is 4.49. The third-order valence-corrected chi connectivity index (χ3v) is 5.64. The fourth-order valence-corrected chi connectivity index (χ4v) is 3.91. The van der Waals surface area contributed by atoms with E-state index in [1.807, 2.05) is 0 Å². The van der Waals surface area contributed by atoms with Gasteiger partial charge in [-0.3, -0.25) is 15.2 Å². The molecule has 2 heterocycles. The first kappa shape index (κ1) is 20.7. The normalized spacial score (nSPS) is 17.4. The van der Waals surface area contributed by atoms with Crippen LogP contribution in [0.1, 0.15) is 13.3 Å². The van der Waals surface area contributed by atoms with Crippen LogP contribution in [-0.4, -0.2) is 50.4 Å². The molecule has 1 aliphatic carbocycles. The lowest BCUT2D eigenvalue weighted by molar-refractivity contribution is -0.112. The quantitative estimate of drug-likeness (QED) is 0.645. The lowest BCUT2D eigenvalue weighted by Gasteiger charge is -2.19. The maximum Gasteiger partial charge on any atom is 0.272 e. The van der Waals surface area contributed by atoms with Crippen LogP contribution in [0.15, 0.2) is 24.7 Å². The van der Waals surface area contributed by atoms with E-state index >= 15 is 0 Å². The summed E-state index contributed by atoms with van der Waals surface area (Å²) in [6.45, 7) is 1.93. The first-order valence-corrected chi connectivity index (χ1v) is 9.97. The largest absolute Gasteiger partial charge is 0.303 e. The number of hydrogen-bond acceptors (Lipinski definition) is 5. The minimum Gasteiger partial charge on any atom is -0.303 e. The SMILES string of the molecule is CCN(C(=O)C(=N)CSCC1CC1(F)F)c1cn(-c2cncc(F)c2)nc1Cl. The van der Waals surface area contributed by atoms with Gasteiger partial charge in [0.1, 0.15) is 17.2 Å². The fraction of sp³-hybridized carbons (Fsp3) is 0.412. The minimum atomic E-state index is -2.61. The number of carbonyl (C=O) groups is 1. The van der Waals surface area contributed by atoms with Crippen molar-refractivity contribution in [3.8, 4) is 5.69 Å². The van der Waals surface area contributed by atoms with Crippen LogP contribution in [0, 0.1) is 17.1 Å². The summed E-state index contributed by atoms with van der Waals surface area (Å²) in [6, 6.07) is 1.21. The van der Waals surface area contributed by atoms with E-state index in [2.05, 4.69) is 10.1 Å². The van der Waals surface area contributed by atoms with E-state index in [0.29, 0.717) is 5.69 Å². The highest BCUT2D eigenvalue weighted by atomic mass is 35.5. The van der Waals surface area contributed by atoms with Crippen molar-refractivity contribution < 1.29 is 18.0 Å². The highest BCUT2D eigenvalue weighted by Gasteiger charge is 2.56. The third-order valence-electron chi connectivity index (χ3n) is 4.24. The van der Waals surface area contributed by atoms with E-state index in [9.17, 15) is 18.0 Å². The Balaban J connectivity index is 1.68. The Kier molecular flexibility index (Phi) is 5.99. The molecule has 0 aliphatic heterocycles. The van der Waals surface area contributed by atoms with E-state index in [0.717, 1.165) is 18.0 Å². The summed E-state index contributed by atoms with van der Waals surface area (Å²) in [4.78, 5) is 17.6. The van der Waals surface area contributed by atoms with Crippen LogP contribution >= 0.6 is 23.4 Å². The van der Waals surface area contributed by atoms with Gasteiger partial charge in [0.25, 0.3) is 11.8 Å². The topological polar surface area (TPSA) is 74.9 Å². The average Bonchev–Trinajstić information content (AvgIpc) is 3.07. The number of nitrogens with zero attached hydrogens (tertiary/aromatic N) is 4. The van der Waals surface area contributed by atoms with Crippen molar-refractivity contribution >= 4 is 40.7 Å². The number of rotatable bonds is 8. The zero-order valence-corrected chi connectivity index (χ0v) is 16.4. The summed E-state index contributed by atoms with van der Waals surface area (Å²) >= 11 is 7.28. The summed E-state index contributed by atoms with van der Waals surface area (Å²) in [5.74, 6) is -4.18. The highest BCUT2D eigenvalue weighted by Crippen LogP contribution is 2.50. The van der Waals surface area contributed by atoms with Gasteiger partial charge >= 0.3 is 0 Å². The van der Waals surface area contributed by atoms with Gasteiger partial charge in [-0.15, -0.1) is 0 Å². The van der Waals surface area contributed by atoms with Gasteiger partial charge in [-0.2, -0.15) is 16.9 Å². The van der Waals surface area contributed by atoms with Crippen LogP contribution in [0.4, 0.5) is 18.9 Å². The molecule has 3 rings (SSSR count). The number of halogens is 4. The van der Waals surface area contributed by atoms with Crippen molar-refractivity contribution in [2.24, 2.45) is 5.92 Å². The molecule has 28 heavy (non-hydrogen) atoms. The van der Waals surface area contributed by atoms with Crippen LogP contribution in [-0.2, 0) is 4.79 Å². The Morgan fingerprint density at radius 2 is 2.21 bits per heavy atom. The first-order chi connectivity index (χ1) is 13.2. The summed E-state index contributed by atoms with van der Waals surface area (Å²) in [5, 5.41) is 12.1. The second-order valence-electron chi connectivity index (χ2n) is 6.32. The number of hydrogen-bond donors (Lipinski definition) is 1. The molecular formula is C17H17ClF3N5OS. The lowest BCUT2D eigenvalue weighted by atomic mass is 10.3. The number of nitrogens with one attached hydrogen (secondary N) is 1. The number of anilines is 1. The van der Waals surface area contributed by atoms with Gasteiger partial charge in [0, 0.05) is 36.5 Å². The molecule has 11 heteroatoms. The van der Waals surface area contributed by atoms with Gasteiger partial charge in [0.2, 0.25) is 0 Å². The van der Waals surface area contributed by atoms with Crippen molar-refractivity contribution in [2.75, 3.05) is 23.0 Å². The van der Waals surface area contributed by atoms with Crippen LogP contribution in [0.3, 0.4) is 0 Å². The molecule has 0 aromatic carbocycles. The molecule has 0 spiro atoms. The molecular weight excluding hydrogens is 415 g/mol. The molecule has 6 nitrogen and oxygen atoms in total. The van der Waals surface area contributed by atoms with Gasteiger partial charge in [-0.1, -0.05) is 11.6 Å². The predicted octanol–water partition coefficient (Wildman–Crippen LogP) is 3.82. The second-order valence-corrected chi connectivity index (χ2v) is 7.70. The number of alkyl halides is 2. The Morgan fingerprint density at radius 3 is 2.82 bits per heavy atom. The molecule has 0 saturated heterocycles. The zero-order chi connectivity index (χ0) is 20.5. The Bertz CT molecular complexity index is 907. The van der Waals surface area contributed by atoms with Gasteiger partial charge < -0.3 is 4.90 Å². The molecule has 1 amide bonds.